The summed E-state index contributed by atoms with van der Waals surface area (Å²) >= 11 is 0. The van der Waals surface area contributed by atoms with E-state index in [9.17, 15) is 9.36 Å². The first-order chi connectivity index (χ1) is 18.2. The van der Waals surface area contributed by atoms with Crippen molar-refractivity contribution in [3.05, 3.63) is 47.8 Å². The summed E-state index contributed by atoms with van der Waals surface area (Å²) in [7, 11) is -0.629. The molecule has 0 aliphatic carbocycles. The Kier molecular flexibility index (Phi) is 7.14. The third-order valence-electron chi connectivity index (χ3n) is 7.40. The van der Waals surface area contributed by atoms with Crippen LogP contribution in [0.3, 0.4) is 0 Å². The maximum absolute atomic E-state index is 13.5. The summed E-state index contributed by atoms with van der Waals surface area (Å²) in [6.07, 6.45) is 4.74. The van der Waals surface area contributed by atoms with Gasteiger partial charge in [-0.05, 0) is 56.0 Å². The van der Waals surface area contributed by atoms with E-state index in [0.717, 1.165) is 34.7 Å². The Hall–Kier alpha value is -3.45. The number of hydrogen-bond acceptors (Lipinski definition) is 6. The number of anilines is 1. The van der Waals surface area contributed by atoms with Gasteiger partial charge in [0, 0.05) is 42.5 Å². The van der Waals surface area contributed by atoms with E-state index in [-0.39, 0.29) is 5.91 Å². The minimum atomic E-state index is -2.47. The van der Waals surface area contributed by atoms with Crippen LogP contribution in [-0.4, -0.2) is 49.2 Å². The van der Waals surface area contributed by atoms with Gasteiger partial charge in [0.15, 0.2) is 0 Å². The molecule has 1 atom stereocenters. The van der Waals surface area contributed by atoms with E-state index in [4.69, 9.17) is 9.72 Å². The number of carbonyl (C=O) groups excluding carboxylic acids is 1. The van der Waals surface area contributed by atoms with Crippen molar-refractivity contribution in [3.63, 3.8) is 0 Å². The molecule has 1 amide bonds. The number of carbonyl (C=O) groups is 1. The molecule has 0 radical (unpaired) electrons. The molecule has 1 N–H and O–H groups in total. The number of hydrogen-bond donors (Lipinski definition) is 1. The van der Waals surface area contributed by atoms with Crippen molar-refractivity contribution in [1.82, 2.24) is 24.3 Å². The van der Waals surface area contributed by atoms with Gasteiger partial charge in [0.25, 0.3) is 5.91 Å². The van der Waals surface area contributed by atoms with Crippen LogP contribution in [0.25, 0.3) is 22.3 Å². The fourth-order valence-electron chi connectivity index (χ4n) is 5.12. The van der Waals surface area contributed by atoms with E-state index in [0.29, 0.717) is 60.2 Å². The summed E-state index contributed by atoms with van der Waals surface area (Å²) in [5.41, 5.74) is 4.24. The van der Waals surface area contributed by atoms with Crippen molar-refractivity contribution >= 4 is 35.3 Å². The third-order valence-corrected chi connectivity index (χ3v) is 10.7. The van der Waals surface area contributed by atoms with Gasteiger partial charge in [0.05, 0.1) is 35.1 Å². The largest absolute Gasteiger partial charge is 0.477 e. The van der Waals surface area contributed by atoms with E-state index in [2.05, 4.69) is 26.9 Å². The average molecular weight is 535 g/mol. The number of fused-ring (bicyclic) bond motifs is 7. The molecule has 1 aromatic carbocycles. The van der Waals surface area contributed by atoms with Gasteiger partial charge in [0.2, 0.25) is 11.8 Å². The lowest BCUT2D eigenvalue weighted by molar-refractivity contribution is 0.102. The van der Waals surface area contributed by atoms with Gasteiger partial charge in [-0.3, -0.25) is 15.1 Å². The fraction of sp³-hybridized carbons (Fsp3) is 0.429. The van der Waals surface area contributed by atoms with Crippen molar-refractivity contribution in [3.8, 4) is 17.1 Å². The zero-order valence-corrected chi connectivity index (χ0v) is 23.6. The standard InChI is InChI=1S/C28H35N6O3P/c1-6-38(36,7-2)21-10-11-23-25(15-21)34-17-18(3)9-8-12-37-27-22(16-29-33(27)5)24-14-20(13-19(4)30-24)26(35)32-28(34)31-23/h10-11,13-16,18H,6-9,12,17H2,1-5H3,(H,31,32,35). The zero-order valence-electron chi connectivity index (χ0n) is 22.7. The highest BCUT2D eigenvalue weighted by Gasteiger charge is 2.24. The smallest absolute Gasteiger partial charge is 0.258 e. The first-order valence-corrected chi connectivity index (χ1v) is 15.3. The number of imidazole rings is 1. The lowest BCUT2D eigenvalue weighted by Gasteiger charge is -2.17. The summed E-state index contributed by atoms with van der Waals surface area (Å²) in [6, 6.07) is 9.38. The lowest BCUT2D eigenvalue weighted by Crippen LogP contribution is -2.18. The molecule has 0 spiro atoms. The maximum atomic E-state index is 13.5. The number of rotatable bonds is 3. The second kappa shape index (κ2) is 10.4. The fourth-order valence-corrected chi connectivity index (χ4v) is 7.00. The second-order valence-corrected chi connectivity index (χ2v) is 13.7. The minimum Gasteiger partial charge on any atom is -0.477 e. The van der Waals surface area contributed by atoms with E-state index in [1.165, 1.54) is 0 Å². The Morgan fingerprint density at radius 1 is 1.16 bits per heavy atom. The first kappa shape index (κ1) is 26.2. The molecular formula is C28H35N6O3P. The average Bonchev–Trinajstić information content (AvgIpc) is 3.44. The number of nitrogens with one attached hydrogen (secondary N) is 1. The van der Waals surface area contributed by atoms with Crippen LogP contribution in [0, 0.1) is 12.8 Å². The van der Waals surface area contributed by atoms with Crippen molar-refractivity contribution < 1.29 is 14.1 Å². The van der Waals surface area contributed by atoms with E-state index in [1.54, 1.807) is 23.0 Å². The molecule has 5 rings (SSSR count). The van der Waals surface area contributed by atoms with Crippen molar-refractivity contribution in [2.75, 3.05) is 24.2 Å². The summed E-state index contributed by atoms with van der Waals surface area (Å²) in [4.78, 5) is 23.0. The Bertz CT molecular complexity index is 1550. The Morgan fingerprint density at radius 3 is 2.71 bits per heavy atom. The zero-order chi connectivity index (χ0) is 27.0. The van der Waals surface area contributed by atoms with E-state index >= 15 is 0 Å². The molecular weight excluding hydrogens is 499 g/mol. The van der Waals surface area contributed by atoms with Crippen LogP contribution in [0.2, 0.25) is 0 Å². The number of aromatic nitrogens is 5. The van der Waals surface area contributed by atoms with E-state index < -0.39 is 7.14 Å². The highest BCUT2D eigenvalue weighted by Crippen LogP contribution is 2.44. The van der Waals surface area contributed by atoms with Crippen LogP contribution >= 0.6 is 7.14 Å². The third kappa shape index (κ3) is 4.87. The summed E-state index contributed by atoms with van der Waals surface area (Å²) in [5.74, 6) is 1.15. The quantitative estimate of drug-likeness (QED) is 0.361. The van der Waals surface area contributed by atoms with Gasteiger partial charge in [-0.2, -0.15) is 5.10 Å². The van der Waals surface area contributed by atoms with Gasteiger partial charge in [-0.1, -0.05) is 20.8 Å². The van der Waals surface area contributed by atoms with Gasteiger partial charge in [-0.25, -0.2) is 9.67 Å². The van der Waals surface area contributed by atoms with Gasteiger partial charge < -0.3 is 13.9 Å². The Morgan fingerprint density at radius 2 is 1.95 bits per heavy atom. The molecule has 9 nitrogen and oxygen atoms in total. The van der Waals surface area contributed by atoms with Crippen LogP contribution < -0.4 is 15.4 Å². The van der Waals surface area contributed by atoms with Crippen molar-refractivity contribution in [2.24, 2.45) is 13.0 Å². The summed E-state index contributed by atoms with van der Waals surface area (Å²) in [6.45, 7) is 9.22. The topological polar surface area (TPSA) is 104 Å². The number of ether oxygens (including phenoxy) is 1. The Labute approximate surface area is 223 Å². The lowest BCUT2D eigenvalue weighted by atomic mass is 10.1. The van der Waals surface area contributed by atoms with Crippen LogP contribution in [0.5, 0.6) is 5.88 Å². The summed E-state index contributed by atoms with van der Waals surface area (Å²) < 4.78 is 23.4. The SMILES string of the molecule is CCP(=O)(CC)c1ccc2nc3n(c2c1)CC(C)CCCOc1c(cnn1C)-c1cc(cc(C)n1)C(=O)N3. The molecule has 1 unspecified atom stereocenters. The first-order valence-electron chi connectivity index (χ1n) is 13.3. The molecule has 0 saturated carbocycles. The highest BCUT2D eigenvalue weighted by molar-refractivity contribution is 7.71. The van der Waals surface area contributed by atoms with Gasteiger partial charge in [0.1, 0.15) is 7.14 Å². The van der Waals surface area contributed by atoms with Crippen molar-refractivity contribution in [2.45, 2.75) is 47.1 Å². The number of amides is 1. The molecule has 2 bridgehead atoms. The van der Waals surface area contributed by atoms with Crippen molar-refractivity contribution in [1.29, 1.82) is 0 Å². The van der Waals surface area contributed by atoms with Crippen LogP contribution in [0.1, 0.15) is 49.7 Å². The predicted octanol–water partition coefficient (Wildman–Crippen LogP) is 5.23. The molecule has 4 aromatic rings. The molecule has 10 heteroatoms. The van der Waals surface area contributed by atoms with Crippen LogP contribution in [-0.2, 0) is 18.2 Å². The predicted molar refractivity (Wildman–Crippen MR) is 151 cm³/mol. The monoisotopic (exact) mass is 534 g/mol. The number of aryl methyl sites for hydroxylation is 2. The molecule has 200 valence electrons. The molecule has 3 aromatic heterocycles. The number of benzene rings is 1. The van der Waals surface area contributed by atoms with Crippen LogP contribution in [0.4, 0.5) is 5.95 Å². The van der Waals surface area contributed by atoms with Gasteiger partial charge in [-0.15, -0.1) is 0 Å². The second-order valence-electron chi connectivity index (χ2n) is 10.2. The molecule has 0 saturated heterocycles. The van der Waals surface area contributed by atoms with Crippen LogP contribution in [0.15, 0.2) is 36.5 Å². The molecule has 38 heavy (non-hydrogen) atoms. The molecule has 0 fully saturated rings. The molecule has 4 heterocycles. The summed E-state index contributed by atoms with van der Waals surface area (Å²) in [5, 5.41) is 8.28. The van der Waals surface area contributed by atoms with E-state index in [1.807, 2.05) is 46.0 Å². The Balaban J connectivity index is 1.62. The molecule has 1 aliphatic rings. The minimum absolute atomic E-state index is 0.268. The maximum Gasteiger partial charge on any atom is 0.258 e. The number of pyridine rings is 1. The normalized spacial score (nSPS) is 16.7. The highest BCUT2D eigenvalue weighted by atomic mass is 31.2. The number of nitrogens with zero attached hydrogens (tertiary/aromatic N) is 5. The molecule has 1 aliphatic heterocycles. The van der Waals surface area contributed by atoms with Gasteiger partial charge >= 0.3 is 0 Å².